The molecule has 0 fully saturated rings. The van der Waals surface area contributed by atoms with Crippen LogP contribution >= 0.6 is 11.3 Å². The number of aromatic nitrogens is 2. The zero-order valence-corrected chi connectivity index (χ0v) is 9.72. The third kappa shape index (κ3) is 1.70. The van der Waals surface area contributed by atoms with Gasteiger partial charge in [-0.25, -0.2) is 13.8 Å². The highest BCUT2D eigenvalue weighted by atomic mass is 32.1. The zero-order chi connectivity index (χ0) is 12.7. The summed E-state index contributed by atoms with van der Waals surface area (Å²) in [6, 6.07) is 5.09. The topological polar surface area (TPSA) is 45.8 Å². The lowest BCUT2D eigenvalue weighted by molar-refractivity contribution is 0.509. The zero-order valence-electron chi connectivity index (χ0n) is 8.91. The molecule has 0 bridgehead atoms. The first-order chi connectivity index (χ1) is 8.65. The fraction of sp³-hybridized carbons (Fsp3) is 0. The van der Waals surface area contributed by atoms with Crippen LogP contribution in [0.25, 0.3) is 21.6 Å². The molecular formula is C12H6F2N2OS. The van der Waals surface area contributed by atoms with Gasteiger partial charge in [0.2, 0.25) is 0 Å². The Hall–Kier alpha value is -2.08. The minimum Gasteiger partial charge on any atom is -0.305 e. The van der Waals surface area contributed by atoms with E-state index in [1.165, 1.54) is 17.4 Å². The first kappa shape index (κ1) is 11.0. The van der Waals surface area contributed by atoms with E-state index in [9.17, 15) is 13.6 Å². The van der Waals surface area contributed by atoms with Gasteiger partial charge < -0.3 is 4.98 Å². The van der Waals surface area contributed by atoms with Gasteiger partial charge in [0.15, 0.2) is 11.6 Å². The normalized spacial score (nSPS) is 11.0. The van der Waals surface area contributed by atoms with E-state index in [1.807, 2.05) is 0 Å². The highest BCUT2D eigenvalue weighted by molar-refractivity contribution is 7.17. The molecule has 3 nitrogen and oxygen atoms in total. The van der Waals surface area contributed by atoms with E-state index in [-0.39, 0.29) is 11.4 Å². The quantitative estimate of drug-likeness (QED) is 0.734. The summed E-state index contributed by atoms with van der Waals surface area (Å²) in [5.74, 6) is -1.68. The summed E-state index contributed by atoms with van der Waals surface area (Å²) < 4.78 is 26.5. The molecule has 0 unspecified atom stereocenters. The summed E-state index contributed by atoms with van der Waals surface area (Å²) in [6.07, 6.45) is 0. The van der Waals surface area contributed by atoms with Gasteiger partial charge in [0.1, 0.15) is 10.5 Å². The molecule has 0 radical (unpaired) electrons. The molecule has 0 aliphatic carbocycles. The Bertz CT molecular complexity index is 794. The van der Waals surface area contributed by atoms with E-state index in [2.05, 4.69) is 9.97 Å². The number of fused-ring (bicyclic) bond motifs is 1. The predicted octanol–water partition coefficient (Wildman–Crippen LogP) is 2.93. The van der Waals surface area contributed by atoms with Crippen molar-refractivity contribution in [1.82, 2.24) is 9.97 Å². The summed E-state index contributed by atoms with van der Waals surface area (Å²) in [5.41, 5.74) is 0.595. The molecule has 6 heteroatoms. The van der Waals surface area contributed by atoms with Gasteiger partial charge in [-0.15, -0.1) is 11.3 Å². The Morgan fingerprint density at radius 3 is 2.78 bits per heavy atom. The van der Waals surface area contributed by atoms with Crippen molar-refractivity contribution in [2.75, 3.05) is 0 Å². The Kier molecular flexibility index (Phi) is 2.45. The molecule has 0 saturated carbocycles. The number of rotatable bonds is 1. The average molecular weight is 264 g/mol. The second-order valence-corrected chi connectivity index (χ2v) is 4.59. The molecule has 18 heavy (non-hydrogen) atoms. The van der Waals surface area contributed by atoms with E-state index in [1.54, 1.807) is 11.4 Å². The molecule has 90 valence electrons. The van der Waals surface area contributed by atoms with Crippen LogP contribution in [0, 0.1) is 11.6 Å². The van der Waals surface area contributed by atoms with Crippen LogP contribution in [0.15, 0.2) is 34.4 Å². The third-order valence-corrected chi connectivity index (χ3v) is 3.41. The SMILES string of the molecule is O=c1[nH]c(-c2ccc(F)c(F)c2)nc2ccsc12. The molecule has 1 N–H and O–H groups in total. The summed E-state index contributed by atoms with van der Waals surface area (Å²) in [7, 11) is 0. The third-order valence-electron chi connectivity index (χ3n) is 2.51. The first-order valence-electron chi connectivity index (χ1n) is 5.08. The Morgan fingerprint density at radius 2 is 2.00 bits per heavy atom. The van der Waals surface area contributed by atoms with Gasteiger partial charge >= 0.3 is 0 Å². The van der Waals surface area contributed by atoms with Crippen LogP contribution in [0.4, 0.5) is 8.78 Å². The van der Waals surface area contributed by atoms with Gasteiger partial charge in [0.25, 0.3) is 5.56 Å². The van der Waals surface area contributed by atoms with Crippen LogP contribution in [0.2, 0.25) is 0 Å². The maximum atomic E-state index is 13.1. The van der Waals surface area contributed by atoms with Crippen LogP contribution in [0.3, 0.4) is 0 Å². The van der Waals surface area contributed by atoms with Crippen molar-refractivity contribution < 1.29 is 8.78 Å². The molecule has 2 aromatic heterocycles. The lowest BCUT2D eigenvalue weighted by atomic mass is 10.2. The van der Waals surface area contributed by atoms with E-state index in [4.69, 9.17) is 0 Å². The molecule has 0 saturated heterocycles. The fourth-order valence-electron chi connectivity index (χ4n) is 1.65. The van der Waals surface area contributed by atoms with Crippen molar-refractivity contribution in [3.63, 3.8) is 0 Å². The first-order valence-corrected chi connectivity index (χ1v) is 5.96. The summed E-state index contributed by atoms with van der Waals surface area (Å²) in [5, 5.41) is 1.75. The number of nitrogens with zero attached hydrogens (tertiary/aromatic N) is 1. The number of H-pyrrole nitrogens is 1. The van der Waals surface area contributed by atoms with Gasteiger partial charge in [0.05, 0.1) is 5.52 Å². The van der Waals surface area contributed by atoms with E-state index in [0.717, 1.165) is 12.1 Å². The highest BCUT2D eigenvalue weighted by Crippen LogP contribution is 2.20. The van der Waals surface area contributed by atoms with Crippen molar-refractivity contribution in [2.45, 2.75) is 0 Å². The van der Waals surface area contributed by atoms with Gasteiger partial charge in [-0.1, -0.05) is 0 Å². The highest BCUT2D eigenvalue weighted by Gasteiger charge is 2.09. The lowest BCUT2D eigenvalue weighted by Crippen LogP contribution is -2.07. The average Bonchev–Trinajstić information content (AvgIpc) is 2.81. The number of hydrogen-bond donors (Lipinski definition) is 1. The number of halogens is 2. The van der Waals surface area contributed by atoms with Gasteiger partial charge in [-0.05, 0) is 29.6 Å². The van der Waals surface area contributed by atoms with Gasteiger partial charge in [-0.3, -0.25) is 4.79 Å². The number of hydrogen-bond acceptors (Lipinski definition) is 3. The van der Waals surface area contributed by atoms with Crippen LogP contribution in [0.5, 0.6) is 0 Å². The molecule has 0 spiro atoms. The van der Waals surface area contributed by atoms with Gasteiger partial charge in [-0.2, -0.15) is 0 Å². The predicted molar refractivity (Wildman–Crippen MR) is 65.6 cm³/mol. The van der Waals surface area contributed by atoms with Crippen molar-refractivity contribution in [1.29, 1.82) is 0 Å². The van der Waals surface area contributed by atoms with Crippen LogP contribution in [0.1, 0.15) is 0 Å². The Balaban J connectivity index is 2.24. The number of aromatic amines is 1. The van der Waals surface area contributed by atoms with E-state index in [0.29, 0.717) is 15.8 Å². The fourth-order valence-corrected chi connectivity index (χ4v) is 2.38. The molecule has 0 amide bonds. The molecule has 2 heterocycles. The molecule has 0 aliphatic heterocycles. The van der Waals surface area contributed by atoms with Crippen molar-refractivity contribution in [3.05, 3.63) is 51.6 Å². The van der Waals surface area contributed by atoms with E-state index < -0.39 is 11.6 Å². The van der Waals surface area contributed by atoms with Gasteiger partial charge in [0, 0.05) is 5.56 Å². The molecule has 0 atom stereocenters. The summed E-state index contributed by atoms with van der Waals surface area (Å²) in [4.78, 5) is 18.5. The van der Waals surface area contributed by atoms with E-state index >= 15 is 0 Å². The monoisotopic (exact) mass is 264 g/mol. The molecule has 3 rings (SSSR count). The smallest absolute Gasteiger partial charge is 0.269 e. The van der Waals surface area contributed by atoms with Crippen molar-refractivity contribution in [2.24, 2.45) is 0 Å². The minimum absolute atomic E-state index is 0.227. The van der Waals surface area contributed by atoms with Crippen LogP contribution in [-0.2, 0) is 0 Å². The summed E-state index contributed by atoms with van der Waals surface area (Å²) in [6.45, 7) is 0. The molecule has 1 aromatic carbocycles. The van der Waals surface area contributed by atoms with Crippen molar-refractivity contribution >= 4 is 21.6 Å². The molecule has 0 aliphatic rings. The number of thiophene rings is 1. The number of benzene rings is 1. The minimum atomic E-state index is -0.972. The lowest BCUT2D eigenvalue weighted by Gasteiger charge is -2.01. The Labute approximate surface area is 104 Å². The summed E-state index contributed by atoms with van der Waals surface area (Å²) >= 11 is 1.28. The molecular weight excluding hydrogens is 258 g/mol. The standard InChI is InChI=1S/C12H6F2N2OS/c13-7-2-1-6(5-8(7)14)11-15-9-3-4-18-10(9)12(17)16-11/h1-5H,(H,15,16,17). The Morgan fingerprint density at radius 1 is 1.17 bits per heavy atom. The van der Waals surface area contributed by atoms with Crippen LogP contribution < -0.4 is 5.56 Å². The second-order valence-electron chi connectivity index (χ2n) is 3.68. The second kappa shape index (κ2) is 3.99. The maximum absolute atomic E-state index is 13.1. The molecule has 3 aromatic rings. The van der Waals surface area contributed by atoms with Crippen LogP contribution in [-0.4, -0.2) is 9.97 Å². The largest absolute Gasteiger partial charge is 0.305 e. The maximum Gasteiger partial charge on any atom is 0.269 e. The van der Waals surface area contributed by atoms with Crippen molar-refractivity contribution in [3.8, 4) is 11.4 Å². The number of nitrogens with one attached hydrogen (secondary N) is 1.